The molecule has 12 N–H and O–H groups in total. The average Bonchev–Trinajstić information content (AvgIpc) is 1.60. The smallest absolute Gasteiger partial charge is 0.870 e. The number of aliphatic carboxylic acids is 1. The number of hydrogen-bond donors (Lipinski definition) is 9. The van der Waals surface area contributed by atoms with Gasteiger partial charge >= 0.3 is 92.8 Å². The Kier molecular flexibility index (Phi) is 48.6. The van der Waals surface area contributed by atoms with Crippen LogP contribution in [-0.4, -0.2) is 192 Å². The van der Waals surface area contributed by atoms with Gasteiger partial charge in [-0.1, -0.05) is 0 Å². The Balaban J connectivity index is 0.000000299. The summed E-state index contributed by atoms with van der Waals surface area (Å²) in [6.45, 7) is 1.08. The van der Waals surface area contributed by atoms with E-state index in [4.69, 9.17) is 44.5 Å². The van der Waals surface area contributed by atoms with Crippen molar-refractivity contribution < 1.29 is 192 Å². The second-order valence-corrected chi connectivity index (χ2v) is 34.8. The van der Waals surface area contributed by atoms with Gasteiger partial charge in [-0.3, -0.25) is 18.8 Å². The first kappa shape index (κ1) is 123. The van der Waals surface area contributed by atoms with E-state index < -0.39 is 104 Å². The normalized spacial score (nSPS) is 13.2. The second kappa shape index (κ2) is 57.7. The SMILES string of the molecule is CC(=O)O.COC(=O)c1cc(Br)c(NC2CC2)c(NC(=O)C(F)F)c1.COC(=O)c1cc(Br)c2c(c1)nc(C(F)F)n2C1CC1.COC(=O)c1cc(N)c(NC2CC2)c(Br)c1.Nc1ccc(OC(F)(F)Cl)cc1.O=C(Nc1ccc(OC(F)(F)Cl)cc1)c1cc(Br)c2c(c1)nc(C(F)F)n2C1CC1.O=C(O)c1cc(Br)c2c(c1)nc(C(F)F)n2C1CC1.O=C(OC(=O)C(F)F)C(F)F.O[B]Oc1cncnc1.[2H]CF.[Li+].[OH-]. The standard InChI is InChI=1S/C19H13BrClF4N3O2.C13H13BrF2N2O3.C13H11BrF2N2O2.C12H9BrF2N2O2.C11H13BrN2O2.C7H6ClF2NO.C4H4BN2O2.C4H2F4O3.C2H4O2.CH3F.Li.H2O/c20-13-7-9(8-14-15(13)28(11-3-4-11)17(27-14)16(22)23)18(29)26-10-1-5-12(6-2-10)30-19(21,24)25;1-21-13(20)6-4-8(14)10(17-7-2-3-7)9(5-6)18-12(19)11(15)16;1-20-13(19)6-4-8(14)10-9(5-6)17-12(11(15)16)18(10)7-2-3-7;13-7-3-5(12(18)19)4-8-9(7)17(6-1-2-6)11(16-8)10(14)15;1-16-11(15)6-4-8(12)10(9(13)5-6)14-7-2-3-7;8-7(9,10)12-6-3-1-5(11)2-4-6;8-5-9-4-1-6-3-7-2-4;5-1(6)3(9)11-4(10)2(7)8;1-2(3)4;1-2;;/h1-2,5-8,11,16H,3-4H2,(H,26,29);4-5,7,11,17H,2-3H2,1H3,(H,18,19);4-5,7,11H,2-3H2,1H3;3-4,6,10H,1-2H2,(H,18,19);4-5,7,14H,2-3,13H2,1H3;1-4H,11H2;1-3,8H;1-2H;1H3,(H,3,4);1H3;;1H2/q;;;;;;;;;;+1;/p-1/i;;;;;;;;;1D;;. The van der Waals surface area contributed by atoms with Crippen molar-refractivity contribution in [1.82, 2.24) is 38.6 Å². The summed E-state index contributed by atoms with van der Waals surface area (Å²) in [6, 6.07) is 26.4. The van der Waals surface area contributed by atoms with E-state index in [1.54, 1.807) is 22.8 Å². The molecule has 4 heterocycles. The Bertz CT molecular complexity index is 6320. The van der Waals surface area contributed by atoms with Crippen LogP contribution >= 0.6 is 103 Å². The van der Waals surface area contributed by atoms with Crippen molar-refractivity contribution in [3.63, 3.8) is 0 Å². The summed E-state index contributed by atoms with van der Waals surface area (Å²) in [6.07, 6.45) is -4.75. The molecule has 60 heteroatoms. The van der Waals surface area contributed by atoms with E-state index in [0.717, 1.165) is 68.5 Å². The van der Waals surface area contributed by atoms with Gasteiger partial charge in [-0.15, -0.1) is 17.6 Å². The molecule has 0 unspecified atom stereocenters. The topological polar surface area (TPSA) is 488 Å². The number of hydrogen-bond acceptors (Lipinski definition) is 27. The van der Waals surface area contributed by atoms with Gasteiger partial charge in [0.1, 0.15) is 23.6 Å². The van der Waals surface area contributed by atoms with Gasteiger partial charge in [-0.05, 0) is 253 Å². The van der Waals surface area contributed by atoms with Crippen LogP contribution < -0.4 is 65.7 Å². The zero-order valence-electron chi connectivity index (χ0n) is 76.5. The third kappa shape index (κ3) is 38.9. The van der Waals surface area contributed by atoms with E-state index in [1.807, 2.05) is 0 Å². The number of carboxylic acid groups (broad SMARTS) is 2. The number of nitrogens with one attached hydrogen (secondary N) is 4. The molecule has 785 valence electrons. The van der Waals surface area contributed by atoms with Crippen LogP contribution in [0, 0.1) is 0 Å². The molecule has 2 amide bonds. The Hall–Kier alpha value is -11.6. The number of esters is 5. The number of amides is 2. The molecule has 16 rings (SSSR count). The molecule has 5 fully saturated rings. The quantitative estimate of drug-likeness (QED) is 0.00462. The summed E-state index contributed by atoms with van der Waals surface area (Å²) < 4.78 is 251. The molecule has 1 radical (unpaired) electrons. The van der Waals surface area contributed by atoms with Crippen LogP contribution in [0.4, 0.5) is 109 Å². The second-order valence-electron chi connectivity index (χ2n) is 29.6. The number of carbonyl (C=O) groups excluding carboxylic acids is 7. The molecule has 34 nitrogen and oxygen atoms in total. The van der Waals surface area contributed by atoms with Crippen LogP contribution in [-0.2, 0) is 38.1 Å². The van der Waals surface area contributed by atoms with Crippen LogP contribution in [0.15, 0.2) is 150 Å². The summed E-state index contributed by atoms with van der Waals surface area (Å²) in [5.41, 5.74) is 10.2. The van der Waals surface area contributed by atoms with Gasteiger partial charge in [0.15, 0.2) is 17.5 Å². The monoisotopic (exact) mass is 2430 g/mol. The van der Waals surface area contributed by atoms with Gasteiger partial charge in [0, 0.05) is 99.6 Å². The molecule has 7 aromatic carbocycles. The van der Waals surface area contributed by atoms with E-state index in [2.05, 4.69) is 171 Å². The van der Waals surface area contributed by atoms with E-state index in [-0.39, 0.29) is 122 Å². The minimum Gasteiger partial charge on any atom is -0.870 e. The number of anilines is 6. The number of imidazole rings is 3. The van der Waals surface area contributed by atoms with E-state index in [9.17, 15) is 113 Å². The van der Waals surface area contributed by atoms with Crippen molar-refractivity contribution in [3.05, 3.63) is 196 Å². The van der Waals surface area contributed by atoms with Crippen LogP contribution in [0.3, 0.4) is 0 Å². The molecule has 146 heavy (non-hydrogen) atoms. The molecule has 0 bridgehead atoms. The van der Waals surface area contributed by atoms with Gasteiger partial charge in [0.05, 0.1) is 120 Å². The van der Waals surface area contributed by atoms with Crippen molar-refractivity contribution in [2.45, 2.75) is 151 Å². The fraction of sp³-hybridized carbons (Fsp3) is 0.326. The summed E-state index contributed by atoms with van der Waals surface area (Å²) in [4.78, 5) is 117. The largest absolute Gasteiger partial charge is 1.00 e. The van der Waals surface area contributed by atoms with Crippen LogP contribution in [0.25, 0.3) is 33.1 Å². The van der Waals surface area contributed by atoms with Gasteiger partial charge in [-0.25, -0.2) is 80.0 Å². The number of halogens is 24. The molecule has 5 aliphatic carbocycles. The summed E-state index contributed by atoms with van der Waals surface area (Å²) in [5, 5.41) is 35.7. The first-order valence-electron chi connectivity index (χ1n) is 41.4. The van der Waals surface area contributed by atoms with Crippen LogP contribution in [0.5, 0.6) is 17.2 Å². The zero-order chi connectivity index (χ0) is 108. The Morgan fingerprint density at radius 1 is 0.493 bits per heavy atom. The van der Waals surface area contributed by atoms with Gasteiger partial charge in [-0.2, -0.15) is 26.3 Å². The van der Waals surface area contributed by atoms with Crippen LogP contribution in [0.2, 0.25) is 0 Å². The molecule has 0 atom stereocenters. The first-order chi connectivity index (χ1) is 68.2. The van der Waals surface area contributed by atoms with Crippen molar-refractivity contribution in [3.8, 4) is 17.2 Å². The van der Waals surface area contributed by atoms with Crippen molar-refractivity contribution in [2.24, 2.45) is 0 Å². The van der Waals surface area contributed by atoms with E-state index >= 15 is 0 Å². The average molecular weight is 2440 g/mol. The molecule has 0 spiro atoms. The minimum atomic E-state index is -3.84. The Morgan fingerprint density at radius 2 is 0.829 bits per heavy atom. The third-order valence-corrected chi connectivity index (χ3v) is 21.9. The number of nitrogens with zero attached hydrogens (tertiary/aromatic N) is 8. The number of aromatic carboxylic acids is 1. The maximum absolute atomic E-state index is 13.4. The number of carboxylic acids is 2. The summed E-state index contributed by atoms with van der Waals surface area (Å²) >= 11 is 25.9. The molecule has 4 aromatic heterocycles. The van der Waals surface area contributed by atoms with Gasteiger partial charge in [0.2, 0.25) is 0 Å². The molecule has 11 aromatic rings. The van der Waals surface area contributed by atoms with Crippen molar-refractivity contribution >= 4 is 231 Å². The molecule has 5 saturated carbocycles. The van der Waals surface area contributed by atoms with Gasteiger partial charge < -0.3 is 100 Å². The number of ether oxygens (including phenoxy) is 6. The molecule has 0 aliphatic heterocycles. The minimum absolute atomic E-state index is 0. The summed E-state index contributed by atoms with van der Waals surface area (Å²) in [7, 11) is 3.42. The predicted octanol–water partition coefficient (Wildman–Crippen LogP) is 19.4. The van der Waals surface area contributed by atoms with Gasteiger partial charge in [0.25, 0.3) is 37.1 Å². The number of alkyl halides is 19. The fourth-order valence-electron chi connectivity index (χ4n) is 12.0. The summed E-state index contributed by atoms with van der Waals surface area (Å²) in [5.74, 6) is -10.6. The maximum atomic E-state index is 13.4. The number of fused-ring (bicyclic) bond motifs is 3. The number of carbonyl (C=O) groups is 9. The molecular formula is C86H79BBr5Cl2F17LiN14O20. The number of nitrogen functional groups attached to an aromatic ring is 2. The number of nitrogens with two attached hydrogens (primary N) is 2. The number of benzene rings is 7. The van der Waals surface area contributed by atoms with Crippen LogP contribution in [0.1, 0.15) is 179 Å². The number of methoxy groups -OCH3 is 3. The molecule has 5 aliphatic rings. The third-order valence-electron chi connectivity index (χ3n) is 18.7. The molecular weight excluding hydrogens is 2360 g/mol. The van der Waals surface area contributed by atoms with Crippen molar-refractivity contribution in [1.29, 1.82) is 0 Å². The Labute approximate surface area is 880 Å². The van der Waals surface area contributed by atoms with E-state index in [1.165, 1.54) is 153 Å². The molecule has 0 saturated heterocycles. The first-order valence-corrected chi connectivity index (χ1v) is 45.4. The maximum Gasteiger partial charge on any atom is 1.00 e. The zero-order valence-corrected chi connectivity index (χ0v) is 84.9. The fourth-order valence-corrected chi connectivity index (χ4v) is 15.3. The van der Waals surface area contributed by atoms with Crippen molar-refractivity contribution in [2.75, 3.05) is 61.2 Å². The Morgan fingerprint density at radius 3 is 1.16 bits per heavy atom. The number of rotatable bonds is 26. The van der Waals surface area contributed by atoms with E-state index in [0.29, 0.717) is 87.7 Å². The number of aromatic nitrogens is 8. The predicted molar refractivity (Wildman–Crippen MR) is 508 cm³/mol.